The first-order valence-electron chi connectivity index (χ1n) is 6.62. The first-order chi connectivity index (χ1) is 9.00. The molecule has 0 bridgehead atoms. The van der Waals surface area contributed by atoms with Gasteiger partial charge in [0, 0.05) is 24.1 Å². The molecular formula is C15H24N2O2. The SMILES string of the molecule is CNCCc1ccccc1C(=O)NCC(C)(C)CO. The van der Waals surface area contributed by atoms with E-state index in [0.29, 0.717) is 12.1 Å². The summed E-state index contributed by atoms with van der Waals surface area (Å²) in [7, 11) is 1.90. The maximum Gasteiger partial charge on any atom is 0.251 e. The van der Waals surface area contributed by atoms with Crippen LogP contribution in [0.4, 0.5) is 0 Å². The zero-order valence-electron chi connectivity index (χ0n) is 12.0. The molecule has 4 heteroatoms. The van der Waals surface area contributed by atoms with Gasteiger partial charge < -0.3 is 15.7 Å². The molecule has 0 aliphatic heterocycles. The molecule has 19 heavy (non-hydrogen) atoms. The van der Waals surface area contributed by atoms with Gasteiger partial charge >= 0.3 is 0 Å². The Morgan fingerprint density at radius 3 is 2.63 bits per heavy atom. The van der Waals surface area contributed by atoms with Gasteiger partial charge in [0.05, 0.1) is 0 Å². The zero-order chi connectivity index (χ0) is 14.3. The highest BCUT2D eigenvalue weighted by molar-refractivity contribution is 5.95. The average molecular weight is 264 g/mol. The van der Waals surface area contributed by atoms with Crippen LogP contribution >= 0.6 is 0 Å². The van der Waals surface area contributed by atoms with Crippen LogP contribution < -0.4 is 10.6 Å². The van der Waals surface area contributed by atoms with Crippen molar-refractivity contribution in [2.45, 2.75) is 20.3 Å². The van der Waals surface area contributed by atoms with Crippen molar-refractivity contribution in [1.29, 1.82) is 0 Å². The molecule has 0 saturated carbocycles. The van der Waals surface area contributed by atoms with Crippen LogP contribution in [0.3, 0.4) is 0 Å². The van der Waals surface area contributed by atoms with E-state index in [1.807, 2.05) is 45.2 Å². The number of hydrogen-bond donors (Lipinski definition) is 3. The molecule has 0 unspecified atom stereocenters. The summed E-state index contributed by atoms with van der Waals surface area (Å²) < 4.78 is 0. The fraction of sp³-hybridized carbons (Fsp3) is 0.533. The van der Waals surface area contributed by atoms with Crippen LogP contribution in [-0.2, 0) is 6.42 Å². The van der Waals surface area contributed by atoms with Crippen LogP contribution in [0.1, 0.15) is 29.8 Å². The standard InChI is InChI=1S/C15H24N2O2/c1-15(2,11-18)10-17-14(19)13-7-5-4-6-12(13)8-9-16-3/h4-7,16,18H,8-11H2,1-3H3,(H,17,19). The van der Waals surface area contributed by atoms with Crippen molar-refractivity contribution in [3.05, 3.63) is 35.4 Å². The predicted molar refractivity (Wildman–Crippen MR) is 77.3 cm³/mol. The molecule has 1 amide bonds. The first-order valence-corrected chi connectivity index (χ1v) is 6.62. The van der Waals surface area contributed by atoms with Gasteiger partial charge in [-0.25, -0.2) is 0 Å². The highest BCUT2D eigenvalue weighted by Gasteiger charge is 2.18. The molecular weight excluding hydrogens is 240 g/mol. The topological polar surface area (TPSA) is 61.4 Å². The summed E-state index contributed by atoms with van der Waals surface area (Å²) >= 11 is 0. The lowest BCUT2D eigenvalue weighted by atomic mass is 9.94. The highest BCUT2D eigenvalue weighted by Crippen LogP contribution is 2.13. The Kier molecular flexibility index (Phi) is 5.99. The normalized spacial score (nSPS) is 11.4. The molecule has 0 aliphatic carbocycles. The van der Waals surface area contributed by atoms with Gasteiger partial charge in [-0.3, -0.25) is 4.79 Å². The lowest BCUT2D eigenvalue weighted by Gasteiger charge is -2.22. The molecule has 0 fully saturated rings. The van der Waals surface area contributed by atoms with E-state index in [4.69, 9.17) is 0 Å². The van der Waals surface area contributed by atoms with E-state index >= 15 is 0 Å². The summed E-state index contributed by atoms with van der Waals surface area (Å²) in [5.41, 5.74) is 1.46. The summed E-state index contributed by atoms with van der Waals surface area (Å²) in [6, 6.07) is 7.63. The molecule has 106 valence electrons. The minimum atomic E-state index is -0.296. The van der Waals surface area contributed by atoms with Crippen LogP contribution in [0.2, 0.25) is 0 Å². The van der Waals surface area contributed by atoms with Crippen LogP contribution in [0, 0.1) is 5.41 Å². The molecule has 0 spiro atoms. The Bertz CT molecular complexity index is 416. The summed E-state index contributed by atoms with van der Waals surface area (Å²) in [4.78, 5) is 12.2. The van der Waals surface area contributed by atoms with E-state index in [1.165, 1.54) is 0 Å². The Morgan fingerprint density at radius 1 is 1.32 bits per heavy atom. The number of rotatable bonds is 7. The van der Waals surface area contributed by atoms with Gasteiger partial charge in [0.2, 0.25) is 0 Å². The number of aliphatic hydroxyl groups is 1. The van der Waals surface area contributed by atoms with Gasteiger partial charge in [-0.2, -0.15) is 0 Å². The molecule has 3 N–H and O–H groups in total. The fourth-order valence-electron chi connectivity index (χ4n) is 1.69. The van der Waals surface area contributed by atoms with Crippen molar-refractivity contribution in [3.8, 4) is 0 Å². The molecule has 1 aromatic rings. The largest absolute Gasteiger partial charge is 0.396 e. The van der Waals surface area contributed by atoms with E-state index in [9.17, 15) is 9.90 Å². The van der Waals surface area contributed by atoms with Crippen LogP contribution in [-0.4, -0.2) is 37.8 Å². The second kappa shape index (κ2) is 7.26. The number of amides is 1. The van der Waals surface area contributed by atoms with Crippen LogP contribution in [0.15, 0.2) is 24.3 Å². The minimum Gasteiger partial charge on any atom is -0.396 e. The Hall–Kier alpha value is -1.39. The van der Waals surface area contributed by atoms with Crippen molar-refractivity contribution < 1.29 is 9.90 Å². The molecule has 0 saturated heterocycles. The zero-order valence-corrected chi connectivity index (χ0v) is 12.0. The molecule has 1 rings (SSSR count). The number of hydrogen-bond acceptors (Lipinski definition) is 3. The third-order valence-corrected chi connectivity index (χ3v) is 3.06. The smallest absolute Gasteiger partial charge is 0.251 e. The lowest BCUT2D eigenvalue weighted by molar-refractivity contribution is 0.0910. The van der Waals surface area contributed by atoms with Crippen LogP contribution in [0.5, 0.6) is 0 Å². The first kappa shape index (κ1) is 15.7. The van der Waals surface area contributed by atoms with Gasteiger partial charge in [-0.05, 0) is 31.6 Å². The Morgan fingerprint density at radius 2 is 2.00 bits per heavy atom. The predicted octanol–water partition coefficient (Wildman–Crippen LogP) is 1.20. The number of aliphatic hydroxyl groups excluding tert-OH is 1. The van der Waals surface area contributed by atoms with Gasteiger partial charge in [-0.1, -0.05) is 32.0 Å². The summed E-state index contributed by atoms with van der Waals surface area (Å²) in [5, 5.41) is 15.2. The quantitative estimate of drug-likeness (QED) is 0.693. The number of likely N-dealkylation sites (N-methyl/N-ethyl adjacent to an activating group) is 1. The fourth-order valence-corrected chi connectivity index (χ4v) is 1.69. The van der Waals surface area contributed by atoms with E-state index in [-0.39, 0.29) is 17.9 Å². The summed E-state index contributed by atoms with van der Waals surface area (Å²) in [6.07, 6.45) is 0.823. The van der Waals surface area contributed by atoms with Crippen LogP contribution in [0.25, 0.3) is 0 Å². The number of nitrogens with one attached hydrogen (secondary N) is 2. The summed E-state index contributed by atoms with van der Waals surface area (Å²) in [5.74, 6) is -0.0757. The number of carbonyl (C=O) groups excluding carboxylic acids is 1. The molecule has 0 radical (unpaired) electrons. The molecule has 0 heterocycles. The third kappa shape index (κ3) is 5.01. The van der Waals surface area contributed by atoms with E-state index in [2.05, 4.69) is 10.6 Å². The average Bonchev–Trinajstić information content (AvgIpc) is 2.43. The van der Waals surface area contributed by atoms with Crippen molar-refractivity contribution in [2.75, 3.05) is 26.7 Å². The van der Waals surface area contributed by atoms with Crippen molar-refractivity contribution in [2.24, 2.45) is 5.41 Å². The molecule has 1 aromatic carbocycles. The molecule has 0 aliphatic rings. The van der Waals surface area contributed by atoms with Crippen molar-refractivity contribution in [1.82, 2.24) is 10.6 Å². The number of carbonyl (C=O) groups is 1. The molecule has 0 atom stereocenters. The van der Waals surface area contributed by atoms with Gasteiger partial charge in [0.1, 0.15) is 0 Å². The van der Waals surface area contributed by atoms with Gasteiger partial charge in [-0.15, -0.1) is 0 Å². The number of benzene rings is 1. The molecule has 4 nitrogen and oxygen atoms in total. The maximum absolute atomic E-state index is 12.2. The van der Waals surface area contributed by atoms with Gasteiger partial charge in [0.15, 0.2) is 0 Å². The second-order valence-corrected chi connectivity index (χ2v) is 5.52. The minimum absolute atomic E-state index is 0.0503. The highest BCUT2D eigenvalue weighted by atomic mass is 16.3. The Balaban J connectivity index is 2.71. The monoisotopic (exact) mass is 264 g/mol. The maximum atomic E-state index is 12.2. The summed E-state index contributed by atoms with van der Waals surface area (Å²) in [6.45, 7) is 5.18. The van der Waals surface area contributed by atoms with E-state index < -0.39 is 0 Å². The third-order valence-electron chi connectivity index (χ3n) is 3.06. The van der Waals surface area contributed by atoms with Gasteiger partial charge in [0.25, 0.3) is 5.91 Å². The van der Waals surface area contributed by atoms with Crippen molar-refractivity contribution >= 4 is 5.91 Å². The Labute approximate surface area is 115 Å². The van der Waals surface area contributed by atoms with E-state index in [1.54, 1.807) is 0 Å². The second-order valence-electron chi connectivity index (χ2n) is 5.52. The molecule has 0 aromatic heterocycles. The van der Waals surface area contributed by atoms with E-state index in [0.717, 1.165) is 18.5 Å². The lowest BCUT2D eigenvalue weighted by Crippen LogP contribution is -2.36. The van der Waals surface area contributed by atoms with Crippen molar-refractivity contribution in [3.63, 3.8) is 0 Å².